The predicted molar refractivity (Wildman–Crippen MR) is 81.8 cm³/mol. The van der Waals surface area contributed by atoms with Gasteiger partial charge in [-0.05, 0) is 23.8 Å². The van der Waals surface area contributed by atoms with Gasteiger partial charge in [-0.2, -0.15) is 0 Å². The van der Waals surface area contributed by atoms with Crippen LogP contribution in [0.2, 0.25) is 0 Å². The third-order valence-electron chi connectivity index (χ3n) is 3.61. The van der Waals surface area contributed by atoms with Crippen LogP contribution in [0.3, 0.4) is 0 Å². The number of ether oxygens (including phenoxy) is 1. The summed E-state index contributed by atoms with van der Waals surface area (Å²) in [6.07, 6.45) is 3.20. The molecule has 0 fully saturated rings. The minimum Gasteiger partial charge on any atom is -0.468 e. The van der Waals surface area contributed by atoms with Crippen molar-refractivity contribution < 1.29 is 14.3 Å². The van der Waals surface area contributed by atoms with Crippen molar-refractivity contribution in [2.75, 3.05) is 23.9 Å². The number of methoxy groups -OCH3 is 1. The maximum Gasteiger partial charge on any atom is 0.326 e. The smallest absolute Gasteiger partial charge is 0.326 e. The lowest BCUT2D eigenvalue weighted by molar-refractivity contribution is -0.141. The molecule has 2 heterocycles. The molecular weight excluding hydrogens is 282 g/mol. The number of nitrogens with one attached hydrogen (secondary N) is 1. The summed E-state index contributed by atoms with van der Waals surface area (Å²) in [5.74, 6) is -0.801. The maximum absolute atomic E-state index is 12.5. The number of nitrogens with zero attached hydrogens (tertiary/aromatic N) is 2. The zero-order valence-electron chi connectivity index (χ0n) is 12.0. The first-order valence-electron chi connectivity index (χ1n) is 6.86. The van der Waals surface area contributed by atoms with E-state index in [1.165, 1.54) is 7.11 Å². The number of anilines is 2. The molecule has 0 radical (unpaired) electrons. The number of urea groups is 1. The van der Waals surface area contributed by atoms with Crippen molar-refractivity contribution >= 4 is 23.4 Å². The number of aromatic nitrogens is 1. The lowest BCUT2D eigenvalue weighted by Gasteiger charge is -2.18. The number of carbonyl (C=O) groups is 2. The number of esters is 1. The highest BCUT2D eigenvalue weighted by molar-refractivity contribution is 6.05. The van der Waals surface area contributed by atoms with Crippen molar-refractivity contribution in [3.63, 3.8) is 0 Å². The number of pyridine rings is 1. The third kappa shape index (κ3) is 2.50. The van der Waals surface area contributed by atoms with Gasteiger partial charge in [0, 0.05) is 18.4 Å². The van der Waals surface area contributed by atoms with E-state index in [2.05, 4.69) is 10.3 Å². The molecule has 1 atom stereocenters. The van der Waals surface area contributed by atoms with E-state index in [9.17, 15) is 9.59 Å². The van der Waals surface area contributed by atoms with Gasteiger partial charge in [-0.25, -0.2) is 4.79 Å². The fourth-order valence-electron chi connectivity index (χ4n) is 2.57. The van der Waals surface area contributed by atoms with Crippen LogP contribution in [0.15, 0.2) is 48.8 Å². The van der Waals surface area contributed by atoms with Crippen molar-refractivity contribution in [3.05, 3.63) is 54.4 Å². The van der Waals surface area contributed by atoms with E-state index in [1.807, 2.05) is 24.3 Å². The molecule has 0 aliphatic carbocycles. The number of amides is 2. The highest BCUT2D eigenvalue weighted by Crippen LogP contribution is 2.37. The van der Waals surface area contributed by atoms with Gasteiger partial charge in [-0.3, -0.25) is 14.7 Å². The second kappa shape index (κ2) is 5.85. The molecule has 1 aromatic carbocycles. The van der Waals surface area contributed by atoms with Crippen LogP contribution in [0.5, 0.6) is 0 Å². The normalized spacial score (nSPS) is 16.0. The summed E-state index contributed by atoms with van der Waals surface area (Å²) in [7, 11) is 1.35. The van der Waals surface area contributed by atoms with E-state index in [-0.39, 0.29) is 18.5 Å². The molecule has 1 N–H and O–H groups in total. The number of rotatable bonds is 2. The van der Waals surface area contributed by atoms with Crippen LogP contribution >= 0.6 is 0 Å². The van der Waals surface area contributed by atoms with Crippen LogP contribution in [-0.2, 0) is 9.53 Å². The number of carbonyl (C=O) groups excluding carboxylic acids is 2. The number of benzene rings is 1. The van der Waals surface area contributed by atoms with Gasteiger partial charge in [0.1, 0.15) is 5.92 Å². The van der Waals surface area contributed by atoms with Crippen LogP contribution in [-0.4, -0.2) is 30.6 Å². The molecule has 2 aromatic rings. The molecule has 1 aliphatic rings. The Balaban J connectivity index is 1.86. The summed E-state index contributed by atoms with van der Waals surface area (Å²) in [5.41, 5.74) is 2.13. The molecule has 2 amide bonds. The fourth-order valence-corrected chi connectivity index (χ4v) is 2.57. The lowest BCUT2D eigenvalue weighted by atomic mass is 10.0. The summed E-state index contributed by atoms with van der Waals surface area (Å²) >= 11 is 0. The van der Waals surface area contributed by atoms with Crippen molar-refractivity contribution in [3.8, 4) is 0 Å². The molecule has 3 rings (SSSR count). The second-order valence-corrected chi connectivity index (χ2v) is 4.92. The Hall–Kier alpha value is -2.89. The van der Waals surface area contributed by atoms with E-state index in [4.69, 9.17) is 4.74 Å². The molecule has 0 bridgehead atoms. The highest BCUT2D eigenvalue weighted by atomic mass is 16.5. The molecule has 22 heavy (non-hydrogen) atoms. The number of para-hydroxylation sites is 1. The molecule has 112 valence electrons. The van der Waals surface area contributed by atoms with Gasteiger partial charge < -0.3 is 10.1 Å². The van der Waals surface area contributed by atoms with Gasteiger partial charge in [0.15, 0.2) is 0 Å². The average molecular weight is 297 g/mol. The number of fused-ring (bicyclic) bond motifs is 1. The largest absolute Gasteiger partial charge is 0.468 e. The van der Waals surface area contributed by atoms with Crippen LogP contribution in [0, 0.1) is 0 Å². The van der Waals surface area contributed by atoms with E-state index < -0.39 is 5.92 Å². The summed E-state index contributed by atoms with van der Waals surface area (Å²) in [5, 5.41) is 2.77. The molecule has 1 aliphatic heterocycles. The molecule has 0 saturated carbocycles. The van der Waals surface area contributed by atoms with E-state index in [0.717, 1.165) is 11.3 Å². The van der Waals surface area contributed by atoms with Crippen LogP contribution in [0.25, 0.3) is 0 Å². The predicted octanol–water partition coefficient (Wildman–Crippen LogP) is 2.39. The minimum atomic E-state index is -0.458. The minimum absolute atomic E-state index is 0.262. The zero-order valence-corrected chi connectivity index (χ0v) is 12.0. The van der Waals surface area contributed by atoms with Crippen molar-refractivity contribution in [2.24, 2.45) is 0 Å². The molecule has 1 unspecified atom stereocenters. The second-order valence-electron chi connectivity index (χ2n) is 4.92. The molecule has 1 aromatic heterocycles. The molecule has 6 nitrogen and oxygen atoms in total. The molecule has 0 saturated heterocycles. The Kier molecular flexibility index (Phi) is 3.74. The zero-order chi connectivity index (χ0) is 15.5. The first-order valence-corrected chi connectivity index (χ1v) is 6.86. The van der Waals surface area contributed by atoms with E-state index >= 15 is 0 Å². The van der Waals surface area contributed by atoms with Crippen LogP contribution in [0.4, 0.5) is 16.2 Å². The Morgan fingerprint density at radius 2 is 2.09 bits per heavy atom. The van der Waals surface area contributed by atoms with Crippen molar-refractivity contribution in [1.82, 2.24) is 4.98 Å². The van der Waals surface area contributed by atoms with E-state index in [1.54, 1.807) is 29.4 Å². The summed E-state index contributed by atoms with van der Waals surface area (Å²) in [4.78, 5) is 29.9. The summed E-state index contributed by atoms with van der Waals surface area (Å²) < 4.78 is 4.83. The summed E-state index contributed by atoms with van der Waals surface area (Å²) in [6.45, 7) is 0.262. The number of hydrogen-bond acceptors (Lipinski definition) is 4. The standard InChI is InChI=1S/C16H15N3O3/c1-22-15(20)13-10-19(14-7-3-2-6-12(13)14)16(21)18-11-5-4-8-17-9-11/h2-9,13H,10H2,1H3,(H,18,21). The SMILES string of the molecule is COC(=O)C1CN(C(=O)Nc2cccnc2)c2ccccc21. The Morgan fingerprint density at radius 3 is 2.82 bits per heavy atom. The Morgan fingerprint density at radius 1 is 1.27 bits per heavy atom. The first kappa shape index (κ1) is 14.1. The summed E-state index contributed by atoms with van der Waals surface area (Å²) in [6, 6.07) is 10.5. The van der Waals surface area contributed by atoms with Gasteiger partial charge in [0.2, 0.25) is 0 Å². The fraction of sp³-hybridized carbons (Fsp3) is 0.188. The Labute approximate surface area is 127 Å². The monoisotopic (exact) mass is 297 g/mol. The third-order valence-corrected chi connectivity index (χ3v) is 3.61. The molecular formula is C16H15N3O3. The van der Waals surface area contributed by atoms with Gasteiger partial charge in [-0.15, -0.1) is 0 Å². The van der Waals surface area contributed by atoms with Crippen molar-refractivity contribution in [2.45, 2.75) is 5.92 Å². The highest BCUT2D eigenvalue weighted by Gasteiger charge is 2.37. The number of hydrogen-bond donors (Lipinski definition) is 1. The molecule has 0 spiro atoms. The quantitative estimate of drug-likeness (QED) is 0.864. The maximum atomic E-state index is 12.5. The van der Waals surface area contributed by atoms with Gasteiger partial charge in [-0.1, -0.05) is 18.2 Å². The first-order chi connectivity index (χ1) is 10.7. The van der Waals surface area contributed by atoms with Crippen LogP contribution < -0.4 is 10.2 Å². The van der Waals surface area contributed by atoms with Gasteiger partial charge in [0.25, 0.3) is 0 Å². The topological polar surface area (TPSA) is 71.5 Å². The Bertz CT molecular complexity index is 703. The van der Waals surface area contributed by atoms with Gasteiger partial charge in [0.05, 0.1) is 19.0 Å². The molecule has 6 heteroatoms. The van der Waals surface area contributed by atoms with E-state index in [0.29, 0.717) is 5.69 Å². The van der Waals surface area contributed by atoms with Crippen LogP contribution in [0.1, 0.15) is 11.5 Å². The average Bonchev–Trinajstić information content (AvgIpc) is 2.95. The van der Waals surface area contributed by atoms with Crippen molar-refractivity contribution in [1.29, 1.82) is 0 Å². The lowest BCUT2D eigenvalue weighted by Crippen LogP contribution is -2.35. The van der Waals surface area contributed by atoms with Gasteiger partial charge >= 0.3 is 12.0 Å².